The number of nitrogens with one attached hydrogen (secondary N) is 1. The standard InChI is InChI=1S/C26H36N2O2S.K/c1-7-16(2)8-10-27-25(30)26(5,6)22-15-21-20(9-11-29)23(28-24(21)31-22)19-13-17(3)12-18(4)14-19;/h12-16,28-29H,7-11H2,1-6H3,(H,27,30);/q;+1/p-1. The Kier molecular flexibility index (Phi) is 10.2. The predicted molar refractivity (Wildman–Crippen MR) is 132 cm³/mol. The van der Waals surface area contributed by atoms with Crippen LogP contribution in [0.25, 0.3) is 26.8 Å². The van der Waals surface area contributed by atoms with Crippen LogP contribution in [0.3, 0.4) is 0 Å². The Labute approximate surface area is 239 Å². The smallest absolute Gasteiger partial charge is 0.653 e. The number of H-pyrrole nitrogens is 1. The topological polar surface area (TPSA) is 67.2 Å². The van der Waals surface area contributed by atoms with E-state index in [1.807, 2.05) is 13.8 Å². The Balaban J connectivity index is 0.00000363. The number of aliphatic hydroxyl groups is 1. The molecule has 3 aromatic rings. The van der Waals surface area contributed by atoms with Crippen molar-refractivity contribution in [2.45, 2.75) is 66.2 Å². The molecular weight excluding hydrogens is 443 g/mol. The van der Waals surface area contributed by atoms with Crippen LogP contribution in [0.15, 0.2) is 24.3 Å². The Bertz CT molecular complexity index is 1050. The van der Waals surface area contributed by atoms with E-state index in [0.29, 0.717) is 18.9 Å². The zero-order chi connectivity index (χ0) is 22.8. The number of amides is 1. The van der Waals surface area contributed by atoms with E-state index in [1.54, 1.807) is 11.3 Å². The van der Waals surface area contributed by atoms with Crippen LogP contribution < -0.4 is 51.4 Å². The maximum atomic E-state index is 12.9. The average molecular weight is 479 g/mol. The van der Waals surface area contributed by atoms with Crippen LogP contribution in [0.4, 0.5) is 0 Å². The van der Waals surface area contributed by atoms with E-state index in [9.17, 15) is 9.90 Å². The Morgan fingerprint density at radius 3 is 2.44 bits per heavy atom. The zero-order valence-electron chi connectivity index (χ0n) is 20.6. The van der Waals surface area contributed by atoms with Gasteiger partial charge in [0.05, 0.1) is 11.6 Å². The monoisotopic (exact) mass is 478 g/mol. The summed E-state index contributed by atoms with van der Waals surface area (Å²) in [6.45, 7) is 13.2. The molecule has 0 saturated carbocycles. The van der Waals surface area contributed by atoms with Crippen molar-refractivity contribution in [3.8, 4) is 11.3 Å². The molecule has 6 heteroatoms. The fraction of sp³-hybridized carbons (Fsp3) is 0.500. The van der Waals surface area contributed by atoms with Gasteiger partial charge in [-0.3, -0.25) is 0 Å². The quantitative estimate of drug-likeness (QED) is 0.461. The first-order valence-corrected chi connectivity index (χ1v) is 12.0. The molecule has 1 unspecified atom stereocenters. The molecule has 0 aliphatic rings. The maximum absolute atomic E-state index is 12.9. The van der Waals surface area contributed by atoms with Crippen LogP contribution in [0.5, 0.6) is 0 Å². The predicted octanol–water partition coefficient (Wildman–Crippen LogP) is 3.67. The second-order valence-electron chi connectivity index (χ2n) is 9.30. The van der Waals surface area contributed by atoms with Crippen molar-refractivity contribution in [1.29, 1.82) is 0 Å². The van der Waals surface area contributed by atoms with Gasteiger partial charge in [-0.05, 0) is 69.4 Å². The molecule has 2 heterocycles. The largest absolute Gasteiger partial charge is 1.00 e. The summed E-state index contributed by atoms with van der Waals surface area (Å²) in [6.07, 6.45) is 2.63. The van der Waals surface area contributed by atoms with Gasteiger partial charge >= 0.3 is 51.4 Å². The van der Waals surface area contributed by atoms with Gasteiger partial charge in [-0.1, -0.05) is 43.9 Å². The van der Waals surface area contributed by atoms with Crippen LogP contribution in [0.1, 0.15) is 62.1 Å². The summed E-state index contributed by atoms with van der Waals surface area (Å²) in [5.74, 6) is 0.530. The summed E-state index contributed by atoms with van der Waals surface area (Å²) in [7, 11) is 0. The minimum Gasteiger partial charge on any atom is -0.653 e. The molecule has 1 amide bonds. The molecule has 0 aliphatic heterocycles. The van der Waals surface area contributed by atoms with Crippen molar-refractivity contribution in [3.63, 3.8) is 0 Å². The minimum atomic E-state index is -0.656. The molecule has 0 saturated heterocycles. The molecule has 168 valence electrons. The fourth-order valence-electron chi connectivity index (χ4n) is 3.97. The molecule has 0 fully saturated rings. The molecule has 0 spiro atoms. The molecule has 0 bridgehead atoms. The number of aromatic nitrogens is 1. The molecule has 1 atom stereocenters. The molecule has 0 aliphatic carbocycles. The van der Waals surface area contributed by atoms with Gasteiger partial charge in [-0.25, -0.2) is 0 Å². The SMILES string of the molecule is CCC(C)CC[N-]C(=O)C(C)(C)c1cc2c(CCO)c(-c3cc(C)cc(C)c3)[nH]c2s1.[K+]. The summed E-state index contributed by atoms with van der Waals surface area (Å²) in [5, 5.41) is 15.2. The number of benzene rings is 1. The second-order valence-corrected chi connectivity index (χ2v) is 10.3. The van der Waals surface area contributed by atoms with Crippen molar-refractivity contribution in [1.82, 2.24) is 4.98 Å². The number of nitrogens with zero attached hydrogens (tertiary/aromatic N) is 1. The van der Waals surface area contributed by atoms with Crippen molar-refractivity contribution < 1.29 is 61.3 Å². The number of carbonyl (C=O) groups is 1. The Hall–Kier alpha value is -0.474. The summed E-state index contributed by atoms with van der Waals surface area (Å²) in [6, 6.07) is 8.63. The Morgan fingerprint density at radius 1 is 1.19 bits per heavy atom. The van der Waals surface area contributed by atoms with Gasteiger partial charge in [0, 0.05) is 22.3 Å². The zero-order valence-corrected chi connectivity index (χ0v) is 24.6. The average Bonchev–Trinajstić information content (AvgIpc) is 3.27. The van der Waals surface area contributed by atoms with E-state index in [4.69, 9.17) is 0 Å². The third kappa shape index (κ3) is 6.15. The van der Waals surface area contributed by atoms with E-state index < -0.39 is 5.41 Å². The van der Waals surface area contributed by atoms with E-state index in [-0.39, 0.29) is 63.9 Å². The van der Waals surface area contributed by atoms with E-state index in [1.165, 1.54) is 11.1 Å². The molecule has 4 nitrogen and oxygen atoms in total. The molecule has 2 aromatic heterocycles. The van der Waals surface area contributed by atoms with Crippen LogP contribution in [-0.4, -0.2) is 29.1 Å². The van der Waals surface area contributed by atoms with E-state index >= 15 is 0 Å². The normalized spacial score (nSPS) is 12.6. The van der Waals surface area contributed by atoms with Gasteiger partial charge in [0.2, 0.25) is 0 Å². The van der Waals surface area contributed by atoms with Crippen molar-refractivity contribution >= 4 is 27.5 Å². The van der Waals surface area contributed by atoms with Crippen LogP contribution >= 0.6 is 11.3 Å². The third-order valence-corrected chi connectivity index (χ3v) is 7.57. The summed E-state index contributed by atoms with van der Waals surface area (Å²) >= 11 is 1.62. The number of carbonyl (C=O) groups excluding carboxylic acids is 1. The maximum Gasteiger partial charge on any atom is 1.00 e. The third-order valence-electron chi connectivity index (χ3n) is 6.19. The van der Waals surface area contributed by atoms with Crippen LogP contribution in [0, 0.1) is 19.8 Å². The van der Waals surface area contributed by atoms with Crippen molar-refractivity contribution in [2.24, 2.45) is 5.92 Å². The molecule has 2 N–H and O–H groups in total. The Morgan fingerprint density at radius 2 is 1.84 bits per heavy atom. The van der Waals surface area contributed by atoms with Gasteiger partial charge in [0.25, 0.3) is 0 Å². The number of aromatic amines is 1. The second kappa shape index (κ2) is 11.8. The summed E-state index contributed by atoms with van der Waals surface area (Å²) in [4.78, 5) is 18.5. The van der Waals surface area contributed by atoms with E-state index in [2.05, 4.69) is 62.3 Å². The molecular formula is C26H35KN2O2S. The first-order valence-electron chi connectivity index (χ1n) is 11.2. The van der Waals surface area contributed by atoms with Crippen molar-refractivity contribution in [3.05, 3.63) is 51.1 Å². The van der Waals surface area contributed by atoms with Crippen LogP contribution in [0.2, 0.25) is 0 Å². The number of fused-ring (bicyclic) bond motifs is 1. The number of aliphatic hydroxyl groups excluding tert-OH is 1. The molecule has 32 heavy (non-hydrogen) atoms. The number of hydrogen-bond acceptors (Lipinski definition) is 3. The fourth-order valence-corrected chi connectivity index (χ4v) is 5.15. The molecule has 1 aromatic carbocycles. The van der Waals surface area contributed by atoms with Crippen LogP contribution in [-0.2, 0) is 16.6 Å². The summed E-state index contributed by atoms with van der Waals surface area (Å²) in [5.41, 5.74) is 5.10. The van der Waals surface area contributed by atoms with Gasteiger partial charge in [-0.2, -0.15) is 0 Å². The van der Waals surface area contributed by atoms with E-state index in [0.717, 1.165) is 44.8 Å². The number of thiophene rings is 1. The molecule has 0 radical (unpaired) electrons. The molecule has 3 rings (SSSR count). The van der Waals surface area contributed by atoms with Gasteiger partial charge in [0.15, 0.2) is 0 Å². The number of aryl methyl sites for hydroxylation is 2. The van der Waals surface area contributed by atoms with Gasteiger partial charge in [0.1, 0.15) is 4.83 Å². The minimum absolute atomic E-state index is 0. The first kappa shape index (κ1) is 27.8. The number of rotatable bonds is 9. The first-order chi connectivity index (χ1) is 14.7. The number of hydrogen-bond donors (Lipinski definition) is 2. The summed E-state index contributed by atoms with van der Waals surface area (Å²) < 4.78 is 0. The van der Waals surface area contributed by atoms with Crippen molar-refractivity contribution in [2.75, 3.05) is 13.2 Å². The van der Waals surface area contributed by atoms with Gasteiger partial charge < -0.3 is 20.2 Å². The van der Waals surface area contributed by atoms with Gasteiger partial charge in [-0.15, -0.1) is 17.9 Å².